The number of benzene rings is 2. The van der Waals surface area contributed by atoms with E-state index >= 15 is 0 Å². The minimum atomic E-state index is -0.773. The maximum atomic E-state index is 12.9. The van der Waals surface area contributed by atoms with Gasteiger partial charge in [0.2, 0.25) is 5.78 Å². The smallest absolute Gasteiger partial charge is 0.346 e. The third kappa shape index (κ3) is 3.74. The van der Waals surface area contributed by atoms with Gasteiger partial charge in [-0.15, -0.1) is 0 Å². The molecule has 1 unspecified atom stereocenters. The number of nitrogens with zero attached hydrogens (tertiary/aromatic N) is 1. The third-order valence-electron chi connectivity index (χ3n) is 5.23. The predicted molar refractivity (Wildman–Crippen MR) is 116 cm³/mol. The average Bonchev–Trinajstić information content (AvgIpc) is 3.29. The molecule has 0 spiro atoms. The number of aryl methyl sites for hydroxylation is 1. The Hall–Kier alpha value is -3.74. The summed E-state index contributed by atoms with van der Waals surface area (Å²) in [6, 6.07) is 10.7. The first-order chi connectivity index (χ1) is 14.9. The summed E-state index contributed by atoms with van der Waals surface area (Å²) in [5.74, 6) is 1.08. The molecule has 2 heterocycles. The Bertz CT molecular complexity index is 1210. The van der Waals surface area contributed by atoms with Gasteiger partial charge >= 0.3 is 5.97 Å². The number of aromatic nitrogens is 1. The summed E-state index contributed by atoms with van der Waals surface area (Å²) in [5, 5.41) is 0.969. The van der Waals surface area contributed by atoms with Crippen LogP contribution in [0.15, 0.2) is 48.4 Å². The number of ketones is 1. The standard InChI is InChI=1S/C24H23NO6/c1-5-25-13-15(19-11-16(28-3)7-9-20(19)25)10-22-23(26)18-8-6-17(12-21(18)31-22)30-14(2)24(27)29-4/h6-14H,5H2,1-4H3/b22-10-. The van der Waals surface area contributed by atoms with Crippen LogP contribution in [0.4, 0.5) is 0 Å². The van der Waals surface area contributed by atoms with Crippen LogP contribution < -0.4 is 14.2 Å². The lowest BCUT2D eigenvalue weighted by molar-refractivity contribution is -0.147. The van der Waals surface area contributed by atoms with E-state index in [4.69, 9.17) is 14.2 Å². The van der Waals surface area contributed by atoms with Gasteiger partial charge in [-0.3, -0.25) is 4.79 Å². The van der Waals surface area contributed by atoms with Crippen LogP contribution in [0, 0.1) is 0 Å². The second kappa shape index (κ2) is 8.18. The summed E-state index contributed by atoms with van der Waals surface area (Å²) in [5.41, 5.74) is 2.36. The molecule has 0 bridgehead atoms. The SMILES string of the molecule is CCn1cc(/C=C2\Oc3cc(OC(C)C(=O)OC)ccc3C2=O)c2cc(OC)ccc21. The molecule has 0 aliphatic carbocycles. The quantitative estimate of drug-likeness (QED) is 0.438. The Morgan fingerprint density at radius 2 is 1.94 bits per heavy atom. The van der Waals surface area contributed by atoms with Crippen molar-refractivity contribution in [3.63, 3.8) is 0 Å². The lowest BCUT2D eigenvalue weighted by Gasteiger charge is -2.12. The number of hydrogen-bond acceptors (Lipinski definition) is 6. The van der Waals surface area contributed by atoms with Gasteiger partial charge in [0, 0.05) is 35.3 Å². The second-order valence-electron chi connectivity index (χ2n) is 7.13. The fourth-order valence-electron chi connectivity index (χ4n) is 3.61. The zero-order valence-electron chi connectivity index (χ0n) is 17.8. The van der Waals surface area contributed by atoms with Crippen molar-refractivity contribution < 1.29 is 28.5 Å². The minimum Gasteiger partial charge on any atom is -0.497 e. The molecule has 7 nitrogen and oxygen atoms in total. The molecule has 7 heteroatoms. The Morgan fingerprint density at radius 3 is 2.65 bits per heavy atom. The molecule has 3 aromatic rings. The molecule has 4 rings (SSSR count). The summed E-state index contributed by atoms with van der Waals surface area (Å²) in [4.78, 5) is 24.5. The van der Waals surface area contributed by atoms with Crippen LogP contribution in [-0.4, -0.2) is 36.6 Å². The van der Waals surface area contributed by atoms with E-state index in [0.717, 1.165) is 28.8 Å². The Labute approximate surface area is 179 Å². The highest BCUT2D eigenvalue weighted by atomic mass is 16.6. The van der Waals surface area contributed by atoms with Gasteiger partial charge in [0.1, 0.15) is 17.2 Å². The molecular weight excluding hydrogens is 398 g/mol. The summed E-state index contributed by atoms with van der Waals surface area (Å²) in [6.07, 6.45) is 2.96. The number of fused-ring (bicyclic) bond motifs is 2. The number of allylic oxidation sites excluding steroid dienone is 1. The van der Waals surface area contributed by atoms with Crippen LogP contribution in [0.2, 0.25) is 0 Å². The van der Waals surface area contributed by atoms with Crippen molar-refractivity contribution >= 4 is 28.7 Å². The van der Waals surface area contributed by atoms with Gasteiger partial charge in [0.25, 0.3) is 0 Å². The summed E-state index contributed by atoms with van der Waals surface area (Å²) in [6.45, 7) is 4.44. The average molecular weight is 421 g/mol. The maximum absolute atomic E-state index is 12.9. The van der Waals surface area contributed by atoms with Gasteiger partial charge in [-0.05, 0) is 50.3 Å². The normalized spacial score (nSPS) is 15.0. The van der Waals surface area contributed by atoms with E-state index in [-0.39, 0.29) is 11.5 Å². The molecule has 0 radical (unpaired) electrons. The summed E-state index contributed by atoms with van der Waals surface area (Å²) >= 11 is 0. The monoisotopic (exact) mass is 421 g/mol. The molecule has 1 atom stereocenters. The van der Waals surface area contributed by atoms with Gasteiger partial charge in [0.05, 0.1) is 19.8 Å². The molecule has 0 saturated carbocycles. The van der Waals surface area contributed by atoms with Crippen molar-refractivity contribution in [1.29, 1.82) is 0 Å². The lowest BCUT2D eigenvalue weighted by atomic mass is 10.1. The molecule has 0 amide bonds. The van der Waals surface area contributed by atoms with Crippen molar-refractivity contribution in [3.8, 4) is 17.2 Å². The van der Waals surface area contributed by atoms with Gasteiger partial charge in [-0.25, -0.2) is 4.79 Å². The highest BCUT2D eigenvalue weighted by molar-refractivity contribution is 6.15. The van der Waals surface area contributed by atoms with E-state index in [9.17, 15) is 9.59 Å². The molecule has 0 saturated heterocycles. The number of hydrogen-bond donors (Lipinski definition) is 0. The maximum Gasteiger partial charge on any atom is 0.346 e. The molecule has 1 aromatic heterocycles. The molecule has 160 valence electrons. The number of ether oxygens (including phenoxy) is 4. The van der Waals surface area contributed by atoms with Crippen LogP contribution in [-0.2, 0) is 16.1 Å². The van der Waals surface area contributed by atoms with E-state index in [0.29, 0.717) is 17.1 Å². The van der Waals surface area contributed by atoms with Gasteiger partial charge in [0.15, 0.2) is 11.9 Å². The van der Waals surface area contributed by atoms with E-state index in [1.54, 1.807) is 38.3 Å². The van der Waals surface area contributed by atoms with Crippen LogP contribution in [0.3, 0.4) is 0 Å². The first-order valence-electron chi connectivity index (χ1n) is 9.94. The van der Waals surface area contributed by atoms with Crippen LogP contribution in [0.25, 0.3) is 17.0 Å². The number of carbonyl (C=O) groups excluding carboxylic acids is 2. The number of methoxy groups -OCH3 is 2. The van der Waals surface area contributed by atoms with Gasteiger partial charge < -0.3 is 23.5 Å². The fourth-order valence-corrected chi connectivity index (χ4v) is 3.61. The Balaban J connectivity index is 1.66. The number of carbonyl (C=O) groups is 2. The van der Waals surface area contributed by atoms with Crippen LogP contribution >= 0.6 is 0 Å². The first-order valence-corrected chi connectivity index (χ1v) is 9.94. The van der Waals surface area contributed by atoms with E-state index < -0.39 is 12.1 Å². The van der Waals surface area contributed by atoms with Crippen molar-refractivity contribution in [2.24, 2.45) is 0 Å². The van der Waals surface area contributed by atoms with E-state index in [2.05, 4.69) is 16.2 Å². The topological polar surface area (TPSA) is 76.0 Å². The predicted octanol–water partition coefficient (Wildman–Crippen LogP) is 4.23. The molecular formula is C24H23NO6. The molecule has 1 aliphatic heterocycles. The van der Waals surface area contributed by atoms with Crippen molar-refractivity contribution in [2.45, 2.75) is 26.5 Å². The van der Waals surface area contributed by atoms with E-state index in [1.807, 2.05) is 24.4 Å². The molecule has 0 N–H and O–H groups in total. The summed E-state index contributed by atoms with van der Waals surface area (Å²) < 4.78 is 23.6. The zero-order chi connectivity index (χ0) is 22.1. The molecule has 2 aromatic carbocycles. The highest BCUT2D eigenvalue weighted by Crippen LogP contribution is 2.36. The molecule has 0 fully saturated rings. The second-order valence-corrected chi connectivity index (χ2v) is 7.13. The fraction of sp³-hybridized carbons (Fsp3) is 0.250. The van der Waals surface area contributed by atoms with Crippen molar-refractivity contribution in [3.05, 3.63) is 59.5 Å². The van der Waals surface area contributed by atoms with Crippen molar-refractivity contribution in [2.75, 3.05) is 14.2 Å². The molecule has 31 heavy (non-hydrogen) atoms. The van der Waals surface area contributed by atoms with Gasteiger partial charge in [-0.1, -0.05) is 0 Å². The number of esters is 1. The van der Waals surface area contributed by atoms with Crippen LogP contribution in [0.5, 0.6) is 17.2 Å². The number of rotatable bonds is 6. The zero-order valence-corrected chi connectivity index (χ0v) is 17.8. The Morgan fingerprint density at radius 1 is 1.16 bits per heavy atom. The largest absolute Gasteiger partial charge is 0.497 e. The van der Waals surface area contributed by atoms with E-state index in [1.165, 1.54) is 7.11 Å². The number of Topliss-reactive ketones (excluding diaryl/α,β-unsaturated/α-hetero) is 1. The van der Waals surface area contributed by atoms with Crippen LogP contribution in [0.1, 0.15) is 29.8 Å². The Kier molecular flexibility index (Phi) is 5.42. The first kappa shape index (κ1) is 20.5. The van der Waals surface area contributed by atoms with Crippen molar-refractivity contribution in [1.82, 2.24) is 4.57 Å². The highest BCUT2D eigenvalue weighted by Gasteiger charge is 2.28. The minimum absolute atomic E-state index is 0.206. The van der Waals surface area contributed by atoms with Gasteiger partial charge in [-0.2, -0.15) is 0 Å². The summed E-state index contributed by atoms with van der Waals surface area (Å²) in [7, 11) is 2.92. The lowest BCUT2D eigenvalue weighted by Crippen LogP contribution is -2.24. The third-order valence-corrected chi connectivity index (χ3v) is 5.23. The molecule has 1 aliphatic rings.